The maximum absolute atomic E-state index is 14.0. The van der Waals surface area contributed by atoms with Crippen molar-refractivity contribution in [3.05, 3.63) is 90.0 Å². The van der Waals surface area contributed by atoms with Crippen LogP contribution in [0, 0.1) is 5.95 Å². The molecule has 5 N–H and O–H groups in total. The fourth-order valence-electron chi connectivity index (χ4n) is 3.65. The number of carboxylic acids is 1. The molecule has 0 bridgehead atoms. The minimum Gasteiger partial charge on any atom is -0.480 e. The number of rotatable bonds is 8. The third kappa shape index (κ3) is 6.40. The largest absolute Gasteiger partial charge is 0.480 e. The molecule has 4 aromatic rings. The molecule has 0 fully saturated rings. The van der Waals surface area contributed by atoms with Gasteiger partial charge in [-0.1, -0.05) is 48.5 Å². The molecule has 2 heterocycles. The summed E-state index contributed by atoms with van der Waals surface area (Å²) in [5.41, 5.74) is 13.5. The normalized spacial score (nSPS) is 13.1. The number of aliphatic carboxylic acids is 1. The first kappa shape index (κ1) is 26.5. The molecule has 196 valence electrons. The van der Waals surface area contributed by atoms with E-state index in [9.17, 15) is 22.4 Å². The summed E-state index contributed by atoms with van der Waals surface area (Å²) in [4.78, 5) is 22.4. The molecule has 4 rings (SSSR count). The molecule has 0 aliphatic heterocycles. The third-order valence-electron chi connectivity index (χ3n) is 5.55. The van der Waals surface area contributed by atoms with E-state index in [1.165, 1.54) is 42.6 Å². The molecule has 0 amide bonds. The van der Waals surface area contributed by atoms with E-state index in [-0.39, 0.29) is 23.6 Å². The van der Waals surface area contributed by atoms with Crippen molar-refractivity contribution in [2.45, 2.75) is 24.7 Å². The zero-order valence-corrected chi connectivity index (χ0v) is 19.6. The Morgan fingerprint density at radius 2 is 1.58 bits per heavy atom. The molecular formula is C26H21F4N5O3. The van der Waals surface area contributed by atoms with Gasteiger partial charge >= 0.3 is 12.1 Å². The average Bonchev–Trinajstić information content (AvgIpc) is 2.87. The van der Waals surface area contributed by atoms with Crippen LogP contribution in [0.2, 0.25) is 0 Å². The number of nitrogen functional groups attached to an aromatic ring is 1. The Bertz CT molecular complexity index is 1410. The summed E-state index contributed by atoms with van der Waals surface area (Å²) >= 11 is 0. The van der Waals surface area contributed by atoms with Gasteiger partial charge in [0.05, 0.1) is 5.69 Å². The molecule has 0 aliphatic rings. The van der Waals surface area contributed by atoms with E-state index >= 15 is 0 Å². The van der Waals surface area contributed by atoms with Crippen molar-refractivity contribution >= 4 is 11.9 Å². The van der Waals surface area contributed by atoms with Crippen molar-refractivity contribution < 1.29 is 32.2 Å². The predicted molar refractivity (Wildman–Crippen MR) is 130 cm³/mol. The molecule has 2 aromatic carbocycles. The van der Waals surface area contributed by atoms with Gasteiger partial charge in [-0.05, 0) is 29.7 Å². The summed E-state index contributed by atoms with van der Waals surface area (Å²) in [5, 5.41) is 8.96. The minimum absolute atomic E-state index is 0.0968. The second kappa shape index (κ2) is 10.8. The van der Waals surface area contributed by atoms with Crippen LogP contribution in [-0.4, -0.2) is 38.2 Å². The molecule has 0 saturated heterocycles. The van der Waals surface area contributed by atoms with Crippen molar-refractivity contribution in [2.24, 2.45) is 5.73 Å². The van der Waals surface area contributed by atoms with Crippen molar-refractivity contribution in [1.82, 2.24) is 15.0 Å². The van der Waals surface area contributed by atoms with Crippen LogP contribution >= 0.6 is 0 Å². The number of carbonyl (C=O) groups is 1. The van der Waals surface area contributed by atoms with Gasteiger partial charge in [0, 0.05) is 29.0 Å². The Hall–Kier alpha value is -4.58. The molecule has 0 radical (unpaired) electrons. The van der Waals surface area contributed by atoms with E-state index in [1.807, 2.05) is 0 Å². The molecule has 0 saturated carbocycles. The fourth-order valence-corrected chi connectivity index (χ4v) is 3.65. The molecule has 0 spiro atoms. The number of benzene rings is 2. The Balaban J connectivity index is 1.58. The zero-order chi connectivity index (χ0) is 27.4. The van der Waals surface area contributed by atoms with Gasteiger partial charge in [-0.15, -0.1) is 0 Å². The van der Waals surface area contributed by atoms with Crippen molar-refractivity contribution in [1.29, 1.82) is 0 Å². The summed E-state index contributed by atoms with van der Waals surface area (Å²) in [7, 11) is 0. The quantitative estimate of drug-likeness (QED) is 0.224. The SMILES string of the molecule is Nc1nc(O[C@H](c2ccc(-c3ccc(F)nc3)cc2)C(F)(F)F)cc(-c2ccc(C[C@H](N)C(=O)O)cc2)n1. The first-order chi connectivity index (χ1) is 18.0. The maximum atomic E-state index is 14.0. The second-order valence-corrected chi connectivity index (χ2v) is 8.33. The van der Waals surface area contributed by atoms with Crippen molar-refractivity contribution in [2.75, 3.05) is 5.73 Å². The number of aromatic nitrogens is 3. The zero-order valence-electron chi connectivity index (χ0n) is 19.6. The van der Waals surface area contributed by atoms with E-state index in [4.69, 9.17) is 21.3 Å². The number of anilines is 1. The molecule has 8 nitrogen and oxygen atoms in total. The number of carboxylic acid groups (broad SMARTS) is 1. The summed E-state index contributed by atoms with van der Waals surface area (Å²) in [6.45, 7) is 0. The molecule has 12 heteroatoms. The standard InChI is InChI=1S/C26H21F4N5O3/c27-21-10-9-18(13-33-21)15-5-7-17(8-6-15)23(26(28,29)30)38-22-12-20(34-25(32)35-22)16-3-1-14(2-4-16)11-19(31)24(36)37/h1-10,12-13,19,23H,11,31H2,(H,36,37)(H2,32,34,35)/t19-,23+/m0/s1. The highest BCUT2D eigenvalue weighted by atomic mass is 19.4. The van der Waals surface area contributed by atoms with Crippen LogP contribution in [0.1, 0.15) is 17.2 Å². The molecule has 0 aliphatic carbocycles. The first-order valence-corrected chi connectivity index (χ1v) is 11.2. The Morgan fingerprint density at radius 3 is 2.16 bits per heavy atom. The average molecular weight is 527 g/mol. The van der Waals surface area contributed by atoms with Gasteiger partial charge in [-0.2, -0.15) is 22.5 Å². The van der Waals surface area contributed by atoms with Crippen molar-refractivity contribution in [3.8, 4) is 28.3 Å². The van der Waals surface area contributed by atoms with Gasteiger partial charge in [0.15, 0.2) is 0 Å². The third-order valence-corrected chi connectivity index (χ3v) is 5.55. The molecular weight excluding hydrogens is 506 g/mol. The first-order valence-electron chi connectivity index (χ1n) is 11.2. The van der Waals surface area contributed by atoms with Crippen LogP contribution in [0.4, 0.5) is 23.5 Å². The van der Waals surface area contributed by atoms with E-state index in [2.05, 4.69) is 15.0 Å². The van der Waals surface area contributed by atoms with Crippen LogP contribution < -0.4 is 16.2 Å². The van der Waals surface area contributed by atoms with Gasteiger partial charge in [0.25, 0.3) is 0 Å². The molecule has 2 atom stereocenters. The fraction of sp³-hybridized carbons (Fsp3) is 0.154. The van der Waals surface area contributed by atoms with Gasteiger partial charge in [-0.25, -0.2) is 9.97 Å². The molecule has 38 heavy (non-hydrogen) atoms. The number of halogens is 4. The number of hydrogen-bond donors (Lipinski definition) is 3. The lowest BCUT2D eigenvalue weighted by Crippen LogP contribution is -2.32. The lowest BCUT2D eigenvalue weighted by molar-refractivity contribution is -0.198. The lowest BCUT2D eigenvalue weighted by atomic mass is 10.0. The topological polar surface area (TPSA) is 137 Å². The van der Waals surface area contributed by atoms with E-state index < -0.39 is 36.1 Å². The van der Waals surface area contributed by atoms with E-state index in [1.54, 1.807) is 24.3 Å². The highest BCUT2D eigenvalue weighted by Gasteiger charge is 2.43. The van der Waals surface area contributed by atoms with Gasteiger partial charge in [-0.3, -0.25) is 4.79 Å². The highest BCUT2D eigenvalue weighted by molar-refractivity contribution is 5.73. The van der Waals surface area contributed by atoms with Crippen LogP contribution in [0.15, 0.2) is 72.9 Å². The number of alkyl halides is 3. The van der Waals surface area contributed by atoms with Crippen LogP contribution in [0.5, 0.6) is 5.88 Å². The summed E-state index contributed by atoms with van der Waals surface area (Å²) in [5.74, 6) is -2.49. The van der Waals surface area contributed by atoms with Gasteiger partial charge in [0.2, 0.25) is 23.9 Å². The number of ether oxygens (including phenoxy) is 1. The lowest BCUT2D eigenvalue weighted by Gasteiger charge is -2.22. The summed E-state index contributed by atoms with van der Waals surface area (Å²) in [6, 6.07) is 14.7. The van der Waals surface area contributed by atoms with Crippen LogP contribution in [0.3, 0.4) is 0 Å². The van der Waals surface area contributed by atoms with Crippen molar-refractivity contribution in [3.63, 3.8) is 0 Å². The van der Waals surface area contributed by atoms with Crippen LogP contribution in [0.25, 0.3) is 22.4 Å². The highest BCUT2D eigenvalue weighted by Crippen LogP contribution is 2.38. The molecule has 0 unspecified atom stereocenters. The summed E-state index contributed by atoms with van der Waals surface area (Å²) in [6.07, 6.45) is -5.77. The number of pyridine rings is 1. The number of nitrogens with two attached hydrogens (primary N) is 2. The smallest absolute Gasteiger partial charge is 0.429 e. The Morgan fingerprint density at radius 1 is 0.947 bits per heavy atom. The van der Waals surface area contributed by atoms with Gasteiger partial charge in [0.1, 0.15) is 6.04 Å². The maximum Gasteiger partial charge on any atom is 0.429 e. The molecule has 2 aromatic heterocycles. The number of nitrogens with zero attached hydrogens (tertiary/aromatic N) is 3. The minimum atomic E-state index is -4.79. The number of hydrogen-bond acceptors (Lipinski definition) is 7. The monoisotopic (exact) mass is 527 g/mol. The van der Waals surface area contributed by atoms with E-state index in [0.717, 1.165) is 6.07 Å². The van der Waals surface area contributed by atoms with Crippen LogP contribution in [-0.2, 0) is 11.2 Å². The van der Waals surface area contributed by atoms with E-state index in [0.29, 0.717) is 22.3 Å². The Kier molecular flexibility index (Phi) is 7.53. The predicted octanol–water partition coefficient (Wildman–Crippen LogP) is 4.56. The Labute approximate surface area is 213 Å². The second-order valence-electron chi connectivity index (χ2n) is 8.33. The summed E-state index contributed by atoms with van der Waals surface area (Å²) < 4.78 is 60.3. The van der Waals surface area contributed by atoms with Gasteiger partial charge < -0.3 is 21.3 Å².